The number of anilines is 1. The summed E-state index contributed by atoms with van der Waals surface area (Å²) < 4.78 is 0.917. The molecule has 0 radical (unpaired) electrons. The molecule has 0 saturated carbocycles. The van der Waals surface area contributed by atoms with Crippen molar-refractivity contribution in [2.75, 3.05) is 18.0 Å². The Kier molecular flexibility index (Phi) is 5.41. The zero-order chi connectivity index (χ0) is 14.0. The SMILES string of the molecule is CC(C)NC1CCCN(c2c(Cl)cc(Br)cc2Cl)C1. The van der Waals surface area contributed by atoms with Gasteiger partial charge in [0.25, 0.3) is 0 Å². The van der Waals surface area contributed by atoms with Gasteiger partial charge in [-0.2, -0.15) is 0 Å². The normalized spacial score (nSPS) is 20.1. The summed E-state index contributed by atoms with van der Waals surface area (Å²) in [6.45, 7) is 6.33. The monoisotopic (exact) mass is 364 g/mol. The lowest BCUT2D eigenvalue weighted by Crippen LogP contribution is -2.48. The summed E-state index contributed by atoms with van der Waals surface area (Å²) in [5.41, 5.74) is 0.960. The van der Waals surface area contributed by atoms with Crippen molar-refractivity contribution in [2.24, 2.45) is 0 Å². The average Bonchev–Trinajstić information content (AvgIpc) is 2.26. The van der Waals surface area contributed by atoms with Gasteiger partial charge in [0, 0.05) is 29.6 Å². The van der Waals surface area contributed by atoms with Gasteiger partial charge < -0.3 is 10.2 Å². The van der Waals surface area contributed by atoms with Crippen LogP contribution >= 0.6 is 39.1 Å². The first kappa shape index (κ1) is 15.4. The highest BCUT2D eigenvalue weighted by Crippen LogP contribution is 2.37. The standard InChI is InChI=1S/C14H19BrCl2N2/c1-9(2)18-11-4-3-5-19(8-11)14-12(16)6-10(15)7-13(14)17/h6-7,9,11,18H,3-5,8H2,1-2H3. The first-order valence-corrected chi connectivity index (χ1v) is 8.18. The average molecular weight is 366 g/mol. The number of hydrogen-bond acceptors (Lipinski definition) is 2. The molecule has 0 amide bonds. The van der Waals surface area contributed by atoms with Crippen molar-refractivity contribution in [1.82, 2.24) is 5.32 Å². The van der Waals surface area contributed by atoms with Crippen LogP contribution in [-0.2, 0) is 0 Å². The van der Waals surface area contributed by atoms with Crippen molar-refractivity contribution >= 4 is 44.8 Å². The molecule has 106 valence electrons. The maximum atomic E-state index is 6.35. The summed E-state index contributed by atoms with van der Waals surface area (Å²) >= 11 is 16.1. The molecule has 1 aromatic carbocycles. The largest absolute Gasteiger partial charge is 0.368 e. The van der Waals surface area contributed by atoms with Crippen molar-refractivity contribution in [2.45, 2.75) is 38.8 Å². The van der Waals surface area contributed by atoms with Crippen LogP contribution in [0.5, 0.6) is 0 Å². The Labute approximate surface area is 133 Å². The van der Waals surface area contributed by atoms with Gasteiger partial charge >= 0.3 is 0 Å². The first-order chi connectivity index (χ1) is 8.97. The molecule has 1 unspecified atom stereocenters. The Bertz CT molecular complexity index is 428. The second-order valence-electron chi connectivity index (χ2n) is 5.32. The second kappa shape index (κ2) is 6.66. The summed E-state index contributed by atoms with van der Waals surface area (Å²) in [6, 6.07) is 4.81. The van der Waals surface area contributed by atoms with E-state index in [2.05, 4.69) is 40.0 Å². The number of nitrogens with one attached hydrogen (secondary N) is 1. The van der Waals surface area contributed by atoms with Crippen molar-refractivity contribution in [1.29, 1.82) is 0 Å². The van der Waals surface area contributed by atoms with Crippen LogP contribution in [0, 0.1) is 0 Å². The molecule has 1 aliphatic rings. The molecule has 2 nitrogen and oxygen atoms in total. The Morgan fingerprint density at radius 2 is 1.95 bits per heavy atom. The third-order valence-corrected chi connectivity index (χ3v) is 4.32. The summed E-state index contributed by atoms with van der Waals surface area (Å²) in [7, 11) is 0. The second-order valence-corrected chi connectivity index (χ2v) is 7.05. The minimum atomic E-state index is 0.501. The molecule has 0 aliphatic carbocycles. The summed E-state index contributed by atoms with van der Waals surface area (Å²) in [4.78, 5) is 2.29. The summed E-state index contributed by atoms with van der Waals surface area (Å²) in [5.74, 6) is 0. The quantitative estimate of drug-likeness (QED) is 0.833. The molecule has 0 aromatic heterocycles. The van der Waals surface area contributed by atoms with Gasteiger partial charge in [0.15, 0.2) is 0 Å². The van der Waals surface area contributed by atoms with Gasteiger partial charge in [-0.25, -0.2) is 0 Å². The fraction of sp³-hybridized carbons (Fsp3) is 0.571. The third-order valence-electron chi connectivity index (χ3n) is 3.29. The van der Waals surface area contributed by atoms with E-state index < -0.39 is 0 Å². The van der Waals surface area contributed by atoms with Crippen molar-refractivity contribution in [3.8, 4) is 0 Å². The number of nitrogens with zero attached hydrogens (tertiary/aromatic N) is 1. The van der Waals surface area contributed by atoms with E-state index >= 15 is 0 Å². The Hall–Kier alpha value is 0.0400. The molecule has 1 saturated heterocycles. The van der Waals surface area contributed by atoms with Crippen LogP contribution in [0.2, 0.25) is 10.0 Å². The van der Waals surface area contributed by atoms with Gasteiger partial charge in [0.05, 0.1) is 15.7 Å². The lowest BCUT2D eigenvalue weighted by molar-refractivity contribution is 0.395. The van der Waals surface area contributed by atoms with Crippen LogP contribution in [0.25, 0.3) is 0 Å². The van der Waals surface area contributed by atoms with E-state index in [1.807, 2.05) is 12.1 Å². The lowest BCUT2D eigenvalue weighted by atomic mass is 10.0. The van der Waals surface area contributed by atoms with E-state index in [4.69, 9.17) is 23.2 Å². The number of halogens is 3. The van der Waals surface area contributed by atoms with E-state index in [0.29, 0.717) is 22.1 Å². The van der Waals surface area contributed by atoms with Crippen molar-refractivity contribution < 1.29 is 0 Å². The number of benzene rings is 1. The van der Waals surface area contributed by atoms with Gasteiger partial charge in [-0.05, 0) is 25.0 Å². The molecule has 1 N–H and O–H groups in total. The van der Waals surface area contributed by atoms with E-state index in [1.165, 1.54) is 6.42 Å². The minimum Gasteiger partial charge on any atom is -0.368 e. The zero-order valence-corrected chi connectivity index (χ0v) is 14.3. The van der Waals surface area contributed by atoms with E-state index in [-0.39, 0.29) is 0 Å². The molecule has 1 heterocycles. The third kappa shape index (κ3) is 4.01. The van der Waals surface area contributed by atoms with Gasteiger partial charge in [-0.1, -0.05) is 53.0 Å². The maximum absolute atomic E-state index is 6.35. The van der Waals surface area contributed by atoms with Gasteiger partial charge in [-0.15, -0.1) is 0 Å². The minimum absolute atomic E-state index is 0.501. The summed E-state index contributed by atoms with van der Waals surface area (Å²) in [5, 5.41) is 5.02. The predicted octanol–water partition coefficient (Wildman–Crippen LogP) is 4.72. The molecular formula is C14H19BrCl2N2. The molecule has 1 atom stereocenters. The summed E-state index contributed by atoms with van der Waals surface area (Å²) in [6.07, 6.45) is 2.37. The molecule has 0 spiro atoms. The van der Waals surface area contributed by atoms with Gasteiger partial charge in [-0.3, -0.25) is 0 Å². The molecular weight excluding hydrogens is 347 g/mol. The van der Waals surface area contributed by atoms with Crippen LogP contribution in [-0.4, -0.2) is 25.2 Å². The molecule has 19 heavy (non-hydrogen) atoms. The van der Waals surface area contributed by atoms with Crippen LogP contribution in [0.3, 0.4) is 0 Å². The van der Waals surface area contributed by atoms with Crippen LogP contribution in [0.15, 0.2) is 16.6 Å². The highest BCUT2D eigenvalue weighted by atomic mass is 79.9. The van der Waals surface area contributed by atoms with E-state index in [9.17, 15) is 0 Å². The highest BCUT2D eigenvalue weighted by molar-refractivity contribution is 9.10. The molecule has 1 aliphatic heterocycles. The van der Waals surface area contributed by atoms with Gasteiger partial charge in [0.2, 0.25) is 0 Å². The molecule has 5 heteroatoms. The fourth-order valence-corrected chi connectivity index (χ4v) is 4.07. The molecule has 1 fully saturated rings. The van der Waals surface area contributed by atoms with Crippen LogP contribution < -0.4 is 10.2 Å². The molecule has 2 rings (SSSR count). The Balaban J connectivity index is 2.17. The Morgan fingerprint density at radius 3 is 2.53 bits per heavy atom. The predicted molar refractivity (Wildman–Crippen MR) is 87.7 cm³/mol. The highest BCUT2D eigenvalue weighted by Gasteiger charge is 2.23. The first-order valence-electron chi connectivity index (χ1n) is 6.63. The Morgan fingerprint density at radius 1 is 1.32 bits per heavy atom. The van der Waals surface area contributed by atoms with E-state index in [0.717, 1.165) is 29.7 Å². The maximum Gasteiger partial charge on any atom is 0.0746 e. The topological polar surface area (TPSA) is 15.3 Å². The van der Waals surface area contributed by atoms with E-state index in [1.54, 1.807) is 0 Å². The molecule has 1 aromatic rings. The molecule has 0 bridgehead atoms. The fourth-order valence-electron chi connectivity index (χ4n) is 2.62. The van der Waals surface area contributed by atoms with Crippen LogP contribution in [0.1, 0.15) is 26.7 Å². The smallest absolute Gasteiger partial charge is 0.0746 e. The number of hydrogen-bond donors (Lipinski definition) is 1. The van der Waals surface area contributed by atoms with Crippen molar-refractivity contribution in [3.05, 3.63) is 26.7 Å². The number of rotatable bonds is 3. The number of piperidine rings is 1. The zero-order valence-electron chi connectivity index (χ0n) is 11.2. The van der Waals surface area contributed by atoms with Gasteiger partial charge in [0.1, 0.15) is 0 Å². The van der Waals surface area contributed by atoms with Crippen molar-refractivity contribution in [3.63, 3.8) is 0 Å². The van der Waals surface area contributed by atoms with Crippen LogP contribution in [0.4, 0.5) is 5.69 Å². The lowest BCUT2D eigenvalue weighted by Gasteiger charge is -2.36.